The molecule has 0 radical (unpaired) electrons. The molecule has 0 N–H and O–H groups in total. The molecule has 0 aliphatic carbocycles. The van der Waals surface area contributed by atoms with Gasteiger partial charge in [0.15, 0.2) is 5.82 Å². The second kappa shape index (κ2) is 14.3. The standard InChI is InChI=1S/C58H36N2O/c1-2-13-42(14-3-1)58-59-53(36-54(60-58)45-17-10-16-43(34-45)48-21-11-22-51-49-20-8-9-23-55(49)61-57(48)51)40-28-24-37(25-29-40)38-26-30-41(31-27-38)56-47-19-7-5-15-44(47)35-52-46-18-6-4-12-39(46)32-33-50(52)56/h1-36H. The Kier molecular flexibility index (Phi) is 8.17. The van der Waals surface area contributed by atoms with Gasteiger partial charge in [0.05, 0.1) is 11.4 Å². The Hall–Kier alpha value is -8.14. The molecule has 3 nitrogen and oxygen atoms in total. The van der Waals surface area contributed by atoms with Crippen molar-refractivity contribution in [3.05, 3.63) is 218 Å². The van der Waals surface area contributed by atoms with Gasteiger partial charge in [-0.1, -0.05) is 194 Å². The SMILES string of the molecule is c1ccc(-c2nc(-c3ccc(-c4ccc(-c5c6ccccc6cc6c5ccc5ccccc56)cc4)cc3)cc(-c3cccc(-c4cccc5c4oc4ccccc45)c3)n2)cc1. The molecule has 2 aromatic heterocycles. The first-order valence-corrected chi connectivity index (χ1v) is 20.7. The molecule has 61 heavy (non-hydrogen) atoms. The first-order chi connectivity index (χ1) is 30.2. The summed E-state index contributed by atoms with van der Waals surface area (Å²) in [4.78, 5) is 10.3. The predicted molar refractivity (Wildman–Crippen MR) is 254 cm³/mol. The lowest BCUT2D eigenvalue weighted by Crippen LogP contribution is -1.96. The van der Waals surface area contributed by atoms with Gasteiger partial charge >= 0.3 is 0 Å². The molecular weight excluding hydrogens is 741 g/mol. The summed E-state index contributed by atoms with van der Waals surface area (Å²) in [5.41, 5.74) is 13.4. The molecule has 0 aliphatic rings. The summed E-state index contributed by atoms with van der Waals surface area (Å²) >= 11 is 0. The average Bonchev–Trinajstić information content (AvgIpc) is 3.73. The van der Waals surface area contributed by atoms with E-state index in [1.54, 1.807) is 0 Å². The zero-order valence-corrected chi connectivity index (χ0v) is 33.1. The number of para-hydroxylation sites is 2. The lowest BCUT2D eigenvalue weighted by Gasteiger charge is -2.14. The zero-order chi connectivity index (χ0) is 40.3. The Morgan fingerprint density at radius 1 is 0.295 bits per heavy atom. The van der Waals surface area contributed by atoms with Crippen molar-refractivity contribution < 1.29 is 4.42 Å². The van der Waals surface area contributed by atoms with Gasteiger partial charge in [-0.3, -0.25) is 0 Å². The molecule has 2 heterocycles. The van der Waals surface area contributed by atoms with Gasteiger partial charge in [0, 0.05) is 33.0 Å². The Morgan fingerprint density at radius 2 is 0.885 bits per heavy atom. The quantitative estimate of drug-likeness (QED) is 0.125. The highest BCUT2D eigenvalue weighted by Gasteiger charge is 2.16. The number of hydrogen-bond acceptors (Lipinski definition) is 3. The van der Waals surface area contributed by atoms with Crippen molar-refractivity contribution in [3.8, 4) is 67.3 Å². The lowest BCUT2D eigenvalue weighted by molar-refractivity contribution is 0.670. The topological polar surface area (TPSA) is 38.9 Å². The number of fused-ring (bicyclic) bond motifs is 7. The van der Waals surface area contributed by atoms with E-state index in [0.29, 0.717) is 5.82 Å². The van der Waals surface area contributed by atoms with Crippen molar-refractivity contribution in [1.82, 2.24) is 9.97 Å². The van der Waals surface area contributed by atoms with Crippen LogP contribution in [0.25, 0.3) is 122 Å². The van der Waals surface area contributed by atoms with Crippen LogP contribution in [-0.4, -0.2) is 9.97 Å². The fourth-order valence-corrected chi connectivity index (χ4v) is 9.07. The van der Waals surface area contributed by atoms with Gasteiger partial charge in [0.1, 0.15) is 11.2 Å². The minimum absolute atomic E-state index is 0.687. The molecule has 3 heteroatoms. The first kappa shape index (κ1) is 34.9. The van der Waals surface area contributed by atoms with Crippen LogP contribution < -0.4 is 0 Å². The summed E-state index contributed by atoms with van der Waals surface area (Å²) in [6.45, 7) is 0. The molecule has 10 aromatic carbocycles. The largest absolute Gasteiger partial charge is 0.455 e. The van der Waals surface area contributed by atoms with E-state index in [2.05, 4.69) is 188 Å². The Morgan fingerprint density at radius 3 is 1.69 bits per heavy atom. The number of aromatic nitrogens is 2. The van der Waals surface area contributed by atoms with Crippen LogP contribution in [0.3, 0.4) is 0 Å². The van der Waals surface area contributed by atoms with E-state index >= 15 is 0 Å². The minimum atomic E-state index is 0.687. The van der Waals surface area contributed by atoms with Crippen LogP contribution in [0.5, 0.6) is 0 Å². The Balaban J connectivity index is 0.908. The van der Waals surface area contributed by atoms with Crippen LogP contribution >= 0.6 is 0 Å². The normalized spacial score (nSPS) is 11.6. The molecule has 0 atom stereocenters. The molecule has 0 spiro atoms. The van der Waals surface area contributed by atoms with Crippen LogP contribution in [0.2, 0.25) is 0 Å². The number of hydrogen-bond donors (Lipinski definition) is 0. The summed E-state index contributed by atoms with van der Waals surface area (Å²) in [6, 6.07) is 77.5. The number of benzene rings is 10. The first-order valence-electron chi connectivity index (χ1n) is 20.7. The second-order valence-corrected chi connectivity index (χ2v) is 15.7. The van der Waals surface area contributed by atoms with Gasteiger partial charge < -0.3 is 4.42 Å². The van der Waals surface area contributed by atoms with Crippen LogP contribution in [-0.2, 0) is 0 Å². The molecule has 0 aliphatic heterocycles. The third-order valence-corrected chi connectivity index (χ3v) is 12.1. The molecule has 0 saturated heterocycles. The molecule has 12 aromatic rings. The maximum Gasteiger partial charge on any atom is 0.160 e. The minimum Gasteiger partial charge on any atom is -0.455 e. The van der Waals surface area contributed by atoms with Crippen molar-refractivity contribution in [2.75, 3.05) is 0 Å². The van der Waals surface area contributed by atoms with Crippen molar-refractivity contribution in [3.63, 3.8) is 0 Å². The molecule has 284 valence electrons. The highest BCUT2D eigenvalue weighted by molar-refractivity contribution is 6.20. The summed E-state index contributed by atoms with van der Waals surface area (Å²) in [5.74, 6) is 0.687. The van der Waals surface area contributed by atoms with Gasteiger partial charge in [-0.05, 0) is 84.4 Å². The van der Waals surface area contributed by atoms with E-state index < -0.39 is 0 Å². The van der Waals surface area contributed by atoms with E-state index in [1.165, 1.54) is 43.4 Å². The second-order valence-electron chi connectivity index (χ2n) is 15.7. The number of rotatable bonds is 6. The zero-order valence-electron chi connectivity index (χ0n) is 33.1. The molecule has 0 bridgehead atoms. The number of furan rings is 1. The fraction of sp³-hybridized carbons (Fsp3) is 0. The molecule has 0 fully saturated rings. The van der Waals surface area contributed by atoms with Crippen molar-refractivity contribution >= 4 is 54.3 Å². The summed E-state index contributed by atoms with van der Waals surface area (Å²) in [5, 5.41) is 9.82. The molecular formula is C58H36N2O. The lowest BCUT2D eigenvalue weighted by atomic mass is 9.89. The average molecular weight is 777 g/mol. The van der Waals surface area contributed by atoms with Crippen LogP contribution in [0.15, 0.2) is 223 Å². The van der Waals surface area contributed by atoms with Crippen LogP contribution in [0.1, 0.15) is 0 Å². The van der Waals surface area contributed by atoms with E-state index in [4.69, 9.17) is 14.4 Å². The van der Waals surface area contributed by atoms with E-state index in [0.717, 1.165) is 72.3 Å². The van der Waals surface area contributed by atoms with Gasteiger partial charge in [-0.15, -0.1) is 0 Å². The maximum atomic E-state index is 6.42. The molecule has 0 unspecified atom stereocenters. The Bertz CT molecular complexity index is 3620. The maximum absolute atomic E-state index is 6.42. The van der Waals surface area contributed by atoms with E-state index in [1.807, 2.05) is 30.3 Å². The number of nitrogens with zero attached hydrogens (tertiary/aromatic N) is 2. The van der Waals surface area contributed by atoms with Crippen molar-refractivity contribution in [2.45, 2.75) is 0 Å². The monoisotopic (exact) mass is 776 g/mol. The highest BCUT2D eigenvalue weighted by Crippen LogP contribution is 2.41. The third kappa shape index (κ3) is 6.06. The van der Waals surface area contributed by atoms with Crippen LogP contribution in [0, 0.1) is 0 Å². The Labute approximate surface area is 352 Å². The third-order valence-electron chi connectivity index (χ3n) is 12.1. The van der Waals surface area contributed by atoms with E-state index in [9.17, 15) is 0 Å². The van der Waals surface area contributed by atoms with E-state index in [-0.39, 0.29) is 0 Å². The molecule has 0 saturated carbocycles. The highest BCUT2D eigenvalue weighted by atomic mass is 16.3. The molecule has 0 amide bonds. The summed E-state index contributed by atoms with van der Waals surface area (Å²) < 4.78 is 6.42. The summed E-state index contributed by atoms with van der Waals surface area (Å²) in [6.07, 6.45) is 0. The fourth-order valence-electron chi connectivity index (χ4n) is 9.07. The smallest absolute Gasteiger partial charge is 0.160 e. The van der Waals surface area contributed by atoms with Crippen LogP contribution in [0.4, 0.5) is 0 Å². The van der Waals surface area contributed by atoms with Gasteiger partial charge in [0.25, 0.3) is 0 Å². The van der Waals surface area contributed by atoms with Crippen molar-refractivity contribution in [2.24, 2.45) is 0 Å². The van der Waals surface area contributed by atoms with Gasteiger partial charge in [0.2, 0.25) is 0 Å². The van der Waals surface area contributed by atoms with Crippen molar-refractivity contribution in [1.29, 1.82) is 0 Å². The predicted octanol–water partition coefficient (Wildman–Crippen LogP) is 15.8. The summed E-state index contributed by atoms with van der Waals surface area (Å²) in [7, 11) is 0. The van der Waals surface area contributed by atoms with Gasteiger partial charge in [-0.2, -0.15) is 0 Å². The van der Waals surface area contributed by atoms with Gasteiger partial charge in [-0.25, -0.2) is 9.97 Å². The molecule has 12 rings (SSSR count).